The third kappa shape index (κ3) is 2.07. The van der Waals surface area contributed by atoms with Gasteiger partial charge in [0.25, 0.3) is 0 Å². The molecule has 1 aromatic heterocycles. The Balaban J connectivity index is 2.62. The Hall–Kier alpha value is -0.780. The van der Waals surface area contributed by atoms with Crippen molar-refractivity contribution in [2.75, 3.05) is 0 Å². The molecule has 0 bridgehead atoms. The minimum atomic E-state index is 0.0475. The first-order valence-corrected chi connectivity index (χ1v) is 4.06. The molecular formula is C6H10N4S. The van der Waals surface area contributed by atoms with Gasteiger partial charge >= 0.3 is 0 Å². The Kier molecular flexibility index (Phi) is 3.15. The number of rotatable bonds is 4. The van der Waals surface area contributed by atoms with Gasteiger partial charge in [-0.1, -0.05) is 10.6 Å². The Morgan fingerprint density at radius 1 is 1.91 bits per heavy atom. The van der Waals surface area contributed by atoms with Crippen LogP contribution in [0.25, 0.3) is 0 Å². The van der Waals surface area contributed by atoms with Gasteiger partial charge in [-0.15, -0.1) is 11.7 Å². The predicted octanol–water partition coefficient (Wildman–Crippen LogP) is 0.619. The maximum Gasteiger partial charge on any atom is 0.0941 e. The molecule has 0 aliphatic rings. The quantitative estimate of drug-likeness (QED) is 0.395. The van der Waals surface area contributed by atoms with Crippen LogP contribution in [0.5, 0.6) is 0 Å². The van der Waals surface area contributed by atoms with Crippen LogP contribution in [0.1, 0.15) is 18.2 Å². The molecule has 0 amide bonds. The molecule has 0 fully saturated rings. The van der Waals surface area contributed by atoms with E-state index in [0.29, 0.717) is 0 Å². The first-order chi connectivity index (χ1) is 5.38. The molecule has 1 unspecified atom stereocenters. The molecule has 0 saturated heterocycles. The molecule has 0 radical (unpaired) electrons. The molecule has 1 heterocycles. The molecule has 4 nitrogen and oxygen atoms in total. The lowest BCUT2D eigenvalue weighted by Crippen LogP contribution is -2.27. The lowest BCUT2D eigenvalue weighted by Gasteiger charge is -2.08. The highest BCUT2D eigenvalue weighted by Gasteiger charge is 2.09. The highest BCUT2D eigenvalue weighted by Crippen LogP contribution is 2.13. The Labute approximate surface area is 69.3 Å². The van der Waals surface area contributed by atoms with Crippen LogP contribution >= 0.6 is 11.5 Å². The van der Waals surface area contributed by atoms with Crippen LogP contribution < -0.4 is 11.3 Å². The van der Waals surface area contributed by atoms with Crippen molar-refractivity contribution in [1.29, 1.82) is 0 Å². The minimum Gasteiger partial charge on any atom is -0.271 e. The molecule has 60 valence electrons. The van der Waals surface area contributed by atoms with E-state index in [1.165, 1.54) is 11.5 Å². The predicted molar refractivity (Wildman–Crippen MR) is 44.8 cm³/mol. The van der Waals surface area contributed by atoms with Crippen LogP contribution in [-0.2, 0) is 0 Å². The highest BCUT2D eigenvalue weighted by molar-refractivity contribution is 7.03. The maximum absolute atomic E-state index is 5.29. The lowest BCUT2D eigenvalue weighted by molar-refractivity contribution is 0.546. The summed E-state index contributed by atoms with van der Waals surface area (Å²) in [5.74, 6) is 5.29. The van der Waals surface area contributed by atoms with Crippen molar-refractivity contribution >= 4 is 11.5 Å². The average molecular weight is 170 g/mol. The van der Waals surface area contributed by atoms with E-state index in [-0.39, 0.29) is 6.04 Å². The molecular weight excluding hydrogens is 160 g/mol. The number of hydrazine groups is 1. The van der Waals surface area contributed by atoms with Crippen molar-refractivity contribution in [2.45, 2.75) is 12.5 Å². The summed E-state index contributed by atoms with van der Waals surface area (Å²) in [5, 5.41) is 5.75. The van der Waals surface area contributed by atoms with Crippen LogP contribution in [0.4, 0.5) is 0 Å². The Morgan fingerprint density at radius 2 is 2.73 bits per heavy atom. The molecule has 3 N–H and O–H groups in total. The zero-order valence-electron chi connectivity index (χ0n) is 6.03. The van der Waals surface area contributed by atoms with E-state index in [1.54, 1.807) is 6.08 Å². The van der Waals surface area contributed by atoms with Crippen LogP contribution in [-0.4, -0.2) is 9.59 Å². The van der Waals surface area contributed by atoms with Crippen LogP contribution in [0.2, 0.25) is 0 Å². The highest BCUT2D eigenvalue weighted by atomic mass is 32.1. The van der Waals surface area contributed by atoms with E-state index in [1.807, 2.05) is 5.38 Å². The first kappa shape index (κ1) is 8.32. The summed E-state index contributed by atoms with van der Waals surface area (Å²) in [6.07, 6.45) is 2.56. The second-order valence-corrected chi connectivity index (χ2v) is 2.68. The molecule has 0 spiro atoms. The zero-order chi connectivity index (χ0) is 8.10. The van der Waals surface area contributed by atoms with Gasteiger partial charge in [0.2, 0.25) is 0 Å². The van der Waals surface area contributed by atoms with Crippen molar-refractivity contribution in [3.63, 3.8) is 0 Å². The summed E-state index contributed by atoms with van der Waals surface area (Å²) in [7, 11) is 0. The third-order valence-corrected chi connectivity index (χ3v) is 1.86. The first-order valence-electron chi connectivity index (χ1n) is 3.22. The zero-order valence-corrected chi connectivity index (χ0v) is 6.84. The number of hydrogen-bond donors (Lipinski definition) is 2. The summed E-state index contributed by atoms with van der Waals surface area (Å²) in [6.45, 7) is 3.62. The van der Waals surface area contributed by atoms with Gasteiger partial charge in [-0.05, 0) is 18.0 Å². The molecule has 1 rings (SSSR count). The molecule has 0 aromatic carbocycles. The second kappa shape index (κ2) is 4.17. The molecule has 0 aliphatic carbocycles. The van der Waals surface area contributed by atoms with Gasteiger partial charge in [0.1, 0.15) is 0 Å². The van der Waals surface area contributed by atoms with E-state index >= 15 is 0 Å². The summed E-state index contributed by atoms with van der Waals surface area (Å²) >= 11 is 1.32. The number of hydrogen-bond acceptors (Lipinski definition) is 5. The van der Waals surface area contributed by atoms with Crippen LogP contribution in [0, 0.1) is 0 Å². The van der Waals surface area contributed by atoms with Crippen LogP contribution in [0.15, 0.2) is 18.0 Å². The van der Waals surface area contributed by atoms with Gasteiger partial charge in [-0.3, -0.25) is 11.3 Å². The fraction of sp³-hybridized carbons (Fsp3) is 0.333. The third-order valence-electron chi connectivity index (χ3n) is 1.34. The molecule has 0 aliphatic heterocycles. The van der Waals surface area contributed by atoms with Crippen molar-refractivity contribution in [3.05, 3.63) is 23.7 Å². The molecule has 1 aromatic rings. The van der Waals surface area contributed by atoms with E-state index in [9.17, 15) is 0 Å². The largest absolute Gasteiger partial charge is 0.271 e. The van der Waals surface area contributed by atoms with Gasteiger partial charge in [-0.2, -0.15) is 0 Å². The van der Waals surface area contributed by atoms with Gasteiger partial charge in [-0.25, -0.2) is 0 Å². The van der Waals surface area contributed by atoms with Crippen molar-refractivity contribution in [2.24, 2.45) is 5.84 Å². The van der Waals surface area contributed by atoms with Gasteiger partial charge in [0.15, 0.2) is 0 Å². The molecule has 0 saturated carbocycles. The monoisotopic (exact) mass is 170 g/mol. The Bertz CT molecular complexity index is 208. The van der Waals surface area contributed by atoms with Crippen molar-refractivity contribution in [3.8, 4) is 0 Å². The molecule has 11 heavy (non-hydrogen) atoms. The number of nitrogens with two attached hydrogens (primary N) is 1. The molecule has 5 heteroatoms. The summed E-state index contributed by atoms with van der Waals surface area (Å²) in [4.78, 5) is 0. The normalized spacial score (nSPS) is 12.8. The average Bonchev–Trinajstić information content (AvgIpc) is 2.52. The number of nitrogens with zero attached hydrogens (tertiary/aromatic N) is 2. The smallest absolute Gasteiger partial charge is 0.0941 e. The van der Waals surface area contributed by atoms with Gasteiger partial charge in [0.05, 0.1) is 11.7 Å². The van der Waals surface area contributed by atoms with Crippen molar-refractivity contribution in [1.82, 2.24) is 15.0 Å². The fourth-order valence-corrected chi connectivity index (χ4v) is 1.27. The summed E-state index contributed by atoms with van der Waals surface area (Å²) < 4.78 is 3.74. The molecule has 1 atom stereocenters. The second-order valence-electron chi connectivity index (χ2n) is 2.07. The Morgan fingerprint density at radius 3 is 3.18 bits per heavy atom. The minimum absolute atomic E-state index is 0.0475. The summed E-state index contributed by atoms with van der Waals surface area (Å²) in [5.41, 5.74) is 3.51. The van der Waals surface area contributed by atoms with E-state index in [2.05, 4.69) is 21.6 Å². The number of nitrogens with one attached hydrogen (secondary N) is 1. The number of aromatic nitrogens is 2. The SMILES string of the molecule is C=CCC(NN)c1csnn1. The van der Waals surface area contributed by atoms with E-state index in [0.717, 1.165) is 12.1 Å². The maximum atomic E-state index is 5.29. The van der Waals surface area contributed by atoms with Gasteiger partial charge in [0, 0.05) is 5.38 Å². The standard InChI is InChI=1S/C6H10N4S/c1-2-3-5(8-7)6-4-11-10-9-6/h2,4-5,8H,1,3,7H2. The van der Waals surface area contributed by atoms with Gasteiger partial charge < -0.3 is 0 Å². The topological polar surface area (TPSA) is 63.8 Å². The van der Waals surface area contributed by atoms with Crippen LogP contribution in [0.3, 0.4) is 0 Å². The fourth-order valence-electron chi connectivity index (χ4n) is 0.765. The van der Waals surface area contributed by atoms with E-state index in [4.69, 9.17) is 5.84 Å². The summed E-state index contributed by atoms with van der Waals surface area (Å²) in [6, 6.07) is 0.0475. The van der Waals surface area contributed by atoms with E-state index < -0.39 is 0 Å². The lowest BCUT2D eigenvalue weighted by atomic mass is 10.2. The van der Waals surface area contributed by atoms with Crippen molar-refractivity contribution < 1.29 is 0 Å².